The van der Waals surface area contributed by atoms with E-state index in [1.54, 1.807) is 0 Å². The fourth-order valence-corrected chi connectivity index (χ4v) is 2.28. The third-order valence-electron chi connectivity index (χ3n) is 3.37. The normalized spacial score (nSPS) is 17.9. The van der Waals surface area contributed by atoms with Gasteiger partial charge >= 0.3 is 0 Å². The van der Waals surface area contributed by atoms with Gasteiger partial charge in [0.2, 0.25) is 5.91 Å². The average molecular weight is 281 g/mol. The van der Waals surface area contributed by atoms with Crippen molar-refractivity contribution in [2.24, 2.45) is 5.92 Å². The minimum Gasteiger partial charge on any atom is -0.320 e. The van der Waals surface area contributed by atoms with Gasteiger partial charge in [-0.1, -0.05) is 0 Å². The highest BCUT2D eigenvalue weighted by Gasteiger charge is 2.19. The first-order chi connectivity index (χ1) is 9.56. The lowest BCUT2D eigenvalue weighted by molar-refractivity contribution is -0.384. The highest BCUT2D eigenvalue weighted by molar-refractivity contribution is 5.93. The van der Waals surface area contributed by atoms with Crippen LogP contribution >= 0.6 is 0 Å². The Labute approximate surface area is 115 Å². The smallest absolute Gasteiger partial charge is 0.292 e. The van der Waals surface area contributed by atoms with Crippen LogP contribution in [0.15, 0.2) is 18.2 Å². The van der Waals surface area contributed by atoms with Gasteiger partial charge in [-0.15, -0.1) is 0 Å². The van der Waals surface area contributed by atoms with Gasteiger partial charge < -0.3 is 10.6 Å². The van der Waals surface area contributed by atoms with Gasteiger partial charge in [0.15, 0.2) is 0 Å². The Bertz CT molecular complexity index is 516. The zero-order chi connectivity index (χ0) is 14.5. The van der Waals surface area contributed by atoms with Gasteiger partial charge in [0.05, 0.1) is 4.92 Å². The molecule has 0 spiro atoms. The molecule has 1 aliphatic rings. The predicted octanol–water partition coefficient (Wildman–Crippen LogP) is 2.06. The van der Waals surface area contributed by atoms with Gasteiger partial charge in [0, 0.05) is 18.6 Å². The van der Waals surface area contributed by atoms with Crippen molar-refractivity contribution < 1.29 is 14.1 Å². The van der Waals surface area contributed by atoms with Gasteiger partial charge in [0.25, 0.3) is 5.69 Å². The molecular weight excluding hydrogens is 265 g/mol. The predicted molar refractivity (Wildman–Crippen MR) is 71.9 cm³/mol. The molecule has 0 radical (unpaired) electrons. The molecule has 1 unspecified atom stereocenters. The standard InChI is InChI=1S/C13H16FN3O3/c14-10-2-3-12(17(19)20)11(7-10)16-13(18)4-1-9-5-6-15-8-9/h2-3,7,9,15H,1,4-6,8H2,(H,16,18). The number of anilines is 1. The van der Waals surface area contributed by atoms with Crippen LogP contribution in [0.2, 0.25) is 0 Å². The SMILES string of the molecule is O=C(CCC1CCNC1)Nc1cc(F)ccc1[N+](=O)[O-]. The van der Waals surface area contributed by atoms with E-state index in [1.165, 1.54) is 0 Å². The Hall–Kier alpha value is -2.02. The molecule has 1 amide bonds. The monoisotopic (exact) mass is 281 g/mol. The fourth-order valence-electron chi connectivity index (χ4n) is 2.28. The zero-order valence-corrected chi connectivity index (χ0v) is 10.9. The number of nitrogens with zero attached hydrogens (tertiary/aromatic N) is 1. The molecule has 0 saturated carbocycles. The first-order valence-corrected chi connectivity index (χ1v) is 6.51. The number of carbonyl (C=O) groups excluding carboxylic acids is 1. The maximum absolute atomic E-state index is 13.1. The number of nitro groups is 1. The summed E-state index contributed by atoms with van der Waals surface area (Å²) in [6, 6.07) is 3.01. The topological polar surface area (TPSA) is 84.3 Å². The van der Waals surface area contributed by atoms with Crippen LogP contribution < -0.4 is 10.6 Å². The van der Waals surface area contributed by atoms with E-state index in [4.69, 9.17) is 0 Å². The van der Waals surface area contributed by atoms with Crippen molar-refractivity contribution in [2.45, 2.75) is 19.3 Å². The molecule has 2 rings (SSSR count). The number of nitro benzene ring substituents is 1. The van der Waals surface area contributed by atoms with Gasteiger partial charge in [-0.25, -0.2) is 4.39 Å². The second kappa shape index (κ2) is 6.42. The first-order valence-electron chi connectivity index (χ1n) is 6.51. The molecule has 2 N–H and O–H groups in total. The lowest BCUT2D eigenvalue weighted by Gasteiger charge is -2.09. The molecule has 0 aliphatic carbocycles. The molecule has 1 aromatic rings. The van der Waals surface area contributed by atoms with E-state index in [0.717, 1.165) is 44.1 Å². The molecule has 108 valence electrons. The maximum atomic E-state index is 13.1. The van der Waals surface area contributed by atoms with Crippen LogP contribution in [0.1, 0.15) is 19.3 Å². The molecule has 20 heavy (non-hydrogen) atoms. The minimum absolute atomic E-state index is 0.0930. The van der Waals surface area contributed by atoms with Crippen LogP contribution in [0.5, 0.6) is 0 Å². The molecule has 6 nitrogen and oxygen atoms in total. The number of carbonyl (C=O) groups is 1. The number of hydrogen-bond acceptors (Lipinski definition) is 4. The van der Waals surface area contributed by atoms with Crippen LogP contribution in [-0.4, -0.2) is 23.9 Å². The fraction of sp³-hybridized carbons (Fsp3) is 0.462. The molecule has 0 bridgehead atoms. The van der Waals surface area contributed by atoms with Crippen LogP contribution in [-0.2, 0) is 4.79 Å². The molecular formula is C13H16FN3O3. The van der Waals surface area contributed by atoms with E-state index in [9.17, 15) is 19.3 Å². The van der Waals surface area contributed by atoms with Gasteiger partial charge in [0.1, 0.15) is 11.5 Å². The van der Waals surface area contributed by atoms with Crippen molar-refractivity contribution in [3.8, 4) is 0 Å². The second-order valence-electron chi connectivity index (χ2n) is 4.86. The van der Waals surface area contributed by atoms with Gasteiger partial charge in [-0.3, -0.25) is 14.9 Å². The van der Waals surface area contributed by atoms with E-state index in [-0.39, 0.29) is 23.7 Å². The summed E-state index contributed by atoms with van der Waals surface area (Å²) in [6.07, 6.45) is 2.04. The minimum atomic E-state index is -0.643. The van der Waals surface area contributed by atoms with E-state index < -0.39 is 10.7 Å². The van der Waals surface area contributed by atoms with Gasteiger partial charge in [-0.05, 0) is 37.9 Å². The van der Waals surface area contributed by atoms with Crippen molar-refractivity contribution in [2.75, 3.05) is 18.4 Å². The number of hydrogen-bond donors (Lipinski definition) is 2. The average Bonchev–Trinajstić information content (AvgIpc) is 2.89. The Morgan fingerprint density at radius 2 is 2.35 bits per heavy atom. The summed E-state index contributed by atoms with van der Waals surface area (Å²) in [5, 5.41) is 16.4. The molecule has 1 atom stereocenters. The molecule has 7 heteroatoms. The highest BCUT2D eigenvalue weighted by atomic mass is 19.1. The third-order valence-corrected chi connectivity index (χ3v) is 3.37. The number of nitrogens with one attached hydrogen (secondary N) is 2. The van der Waals surface area contributed by atoms with Crippen LogP contribution in [0.4, 0.5) is 15.8 Å². The Morgan fingerprint density at radius 3 is 3.00 bits per heavy atom. The zero-order valence-electron chi connectivity index (χ0n) is 10.9. The number of halogens is 1. The molecule has 1 aromatic carbocycles. The van der Waals surface area contributed by atoms with Crippen LogP contribution in [0, 0.1) is 21.8 Å². The highest BCUT2D eigenvalue weighted by Crippen LogP contribution is 2.25. The summed E-state index contributed by atoms with van der Waals surface area (Å²) >= 11 is 0. The summed E-state index contributed by atoms with van der Waals surface area (Å²) in [5.74, 6) is -0.486. The summed E-state index contributed by atoms with van der Waals surface area (Å²) < 4.78 is 13.1. The number of amides is 1. The van der Waals surface area contributed by atoms with E-state index in [2.05, 4.69) is 10.6 Å². The van der Waals surface area contributed by atoms with Crippen molar-refractivity contribution in [3.05, 3.63) is 34.1 Å². The molecule has 1 heterocycles. The van der Waals surface area contributed by atoms with Crippen molar-refractivity contribution in [1.29, 1.82) is 0 Å². The largest absolute Gasteiger partial charge is 0.320 e. The maximum Gasteiger partial charge on any atom is 0.292 e. The molecule has 0 aromatic heterocycles. The summed E-state index contributed by atoms with van der Waals surface area (Å²) in [7, 11) is 0. The van der Waals surface area contributed by atoms with E-state index in [0.29, 0.717) is 5.92 Å². The number of rotatable bonds is 5. The van der Waals surface area contributed by atoms with Crippen LogP contribution in [0.25, 0.3) is 0 Å². The Kier molecular flexibility index (Phi) is 4.62. The van der Waals surface area contributed by atoms with Crippen molar-refractivity contribution in [1.82, 2.24) is 5.32 Å². The summed E-state index contributed by atoms with van der Waals surface area (Å²) in [5.41, 5.74) is -0.396. The lowest BCUT2D eigenvalue weighted by Crippen LogP contribution is -2.15. The summed E-state index contributed by atoms with van der Waals surface area (Å²) in [6.45, 7) is 1.86. The third kappa shape index (κ3) is 3.74. The number of benzene rings is 1. The Morgan fingerprint density at radius 1 is 1.55 bits per heavy atom. The summed E-state index contributed by atoms with van der Waals surface area (Å²) in [4.78, 5) is 21.9. The first kappa shape index (κ1) is 14.4. The quantitative estimate of drug-likeness (QED) is 0.639. The van der Waals surface area contributed by atoms with Crippen molar-refractivity contribution in [3.63, 3.8) is 0 Å². The van der Waals surface area contributed by atoms with Crippen LogP contribution in [0.3, 0.4) is 0 Å². The molecule has 1 saturated heterocycles. The Balaban J connectivity index is 1.96. The lowest BCUT2D eigenvalue weighted by atomic mass is 10.0. The van der Waals surface area contributed by atoms with Crippen molar-refractivity contribution >= 4 is 17.3 Å². The second-order valence-corrected chi connectivity index (χ2v) is 4.86. The molecule has 1 fully saturated rings. The van der Waals surface area contributed by atoms with Gasteiger partial charge in [-0.2, -0.15) is 0 Å². The van der Waals surface area contributed by atoms with E-state index in [1.807, 2.05) is 0 Å². The molecule has 1 aliphatic heterocycles. The van der Waals surface area contributed by atoms with E-state index >= 15 is 0 Å².